The molecule has 82 valence electrons. The van der Waals surface area contributed by atoms with Crippen LogP contribution in [0.4, 0.5) is 0 Å². The third-order valence-corrected chi connectivity index (χ3v) is 2.62. The van der Waals surface area contributed by atoms with Gasteiger partial charge in [0.2, 0.25) is 0 Å². The highest BCUT2D eigenvalue weighted by atomic mass is 16.1. The van der Waals surface area contributed by atoms with Gasteiger partial charge in [0.25, 0.3) is 0 Å². The minimum absolute atomic E-state index is 0.651. The summed E-state index contributed by atoms with van der Waals surface area (Å²) in [5.74, 6) is 0. The van der Waals surface area contributed by atoms with Crippen molar-refractivity contribution in [2.75, 3.05) is 0 Å². The Morgan fingerprint density at radius 1 is 1.18 bits per heavy atom. The average molecular weight is 223 g/mol. The lowest BCUT2D eigenvalue weighted by molar-refractivity contribution is 0.112. The molecule has 0 aliphatic rings. The zero-order valence-corrected chi connectivity index (χ0v) is 8.95. The van der Waals surface area contributed by atoms with E-state index in [-0.39, 0.29) is 0 Å². The van der Waals surface area contributed by atoms with Gasteiger partial charge in [0, 0.05) is 23.3 Å². The first kappa shape index (κ1) is 9.72. The van der Waals surface area contributed by atoms with Crippen LogP contribution in [0.25, 0.3) is 16.6 Å². The first-order valence-electron chi connectivity index (χ1n) is 5.22. The molecule has 4 heteroatoms. The van der Waals surface area contributed by atoms with Gasteiger partial charge in [-0.3, -0.25) is 9.78 Å². The van der Waals surface area contributed by atoms with E-state index in [1.807, 2.05) is 30.5 Å². The van der Waals surface area contributed by atoms with Crippen LogP contribution in [0.15, 0.2) is 48.9 Å². The van der Waals surface area contributed by atoms with Gasteiger partial charge < -0.3 is 0 Å². The first-order chi connectivity index (χ1) is 8.38. The summed E-state index contributed by atoms with van der Waals surface area (Å²) >= 11 is 0. The van der Waals surface area contributed by atoms with E-state index < -0.39 is 0 Å². The number of aromatic nitrogens is 3. The third-order valence-electron chi connectivity index (χ3n) is 2.62. The minimum Gasteiger partial charge on any atom is -0.298 e. The maximum Gasteiger partial charge on any atom is 0.150 e. The van der Waals surface area contributed by atoms with Gasteiger partial charge in [0.1, 0.15) is 0 Å². The summed E-state index contributed by atoms with van der Waals surface area (Å²) in [4.78, 5) is 15.0. The SMILES string of the molecule is O=Cc1cccc2nn(-c3cccnc3)cc12. The zero-order valence-electron chi connectivity index (χ0n) is 8.95. The quantitative estimate of drug-likeness (QED) is 0.626. The number of carbonyl (C=O) groups is 1. The summed E-state index contributed by atoms with van der Waals surface area (Å²) in [5.41, 5.74) is 2.33. The monoisotopic (exact) mass is 223 g/mol. The summed E-state index contributed by atoms with van der Waals surface area (Å²) in [6, 6.07) is 9.26. The number of aldehydes is 1. The molecule has 0 bridgehead atoms. The van der Waals surface area contributed by atoms with Gasteiger partial charge in [-0.15, -0.1) is 0 Å². The summed E-state index contributed by atoms with van der Waals surface area (Å²) < 4.78 is 1.73. The highest BCUT2D eigenvalue weighted by molar-refractivity contribution is 5.96. The van der Waals surface area contributed by atoms with Crippen molar-refractivity contribution in [3.63, 3.8) is 0 Å². The average Bonchev–Trinajstić information content (AvgIpc) is 2.83. The van der Waals surface area contributed by atoms with Crippen LogP contribution < -0.4 is 0 Å². The maximum atomic E-state index is 10.9. The Labute approximate surface area is 97.5 Å². The van der Waals surface area contributed by atoms with Crippen LogP contribution in [0.1, 0.15) is 10.4 Å². The first-order valence-corrected chi connectivity index (χ1v) is 5.22. The zero-order chi connectivity index (χ0) is 11.7. The van der Waals surface area contributed by atoms with Gasteiger partial charge in [-0.05, 0) is 18.2 Å². The molecule has 0 fully saturated rings. The number of fused-ring (bicyclic) bond motifs is 1. The van der Waals surface area contributed by atoms with Crippen LogP contribution in [0.3, 0.4) is 0 Å². The summed E-state index contributed by atoms with van der Waals surface area (Å²) in [6.07, 6.45) is 6.13. The van der Waals surface area contributed by atoms with Crippen molar-refractivity contribution in [3.8, 4) is 5.69 Å². The van der Waals surface area contributed by atoms with Crippen molar-refractivity contribution in [2.24, 2.45) is 0 Å². The van der Waals surface area contributed by atoms with Gasteiger partial charge in [0.15, 0.2) is 6.29 Å². The standard InChI is InChI=1S/C13H9N3O/c17-9-10-3-1-5-13-12(10)8-16(15-13)11-4-2-6-14-7-11/h1-9H. The van der Waals surface area contributed by atoms with Crippen molar-refractivity contribution in [1.82, 2.24) is 14.8 Å². The molecule has 3 aromatic rings. The van der Waals surface area contributed by atoms with Crippen LogP contribution in [0, 0.1) is 0 Å². The van der Waals surface area contributed by atoms with Crippen molar-refractivity contribution < 1.29 is 4.79 Å². The van der Waals surface area contributed by atoms with Crippen LogP contribution >= 0.6 is 0 Å². The maximum absolute atomic E-state index is 10.9. The predicted octanol–water partition coefficient (Wildman–Crippen LogP) is 2.23. The van der Waals surface area contributed by atoms with E-state index in [9.17, 15) is 4.79 Å². The molecule has 0 radical (unpaired) electrons. The summed E-state index contributed by atoms with van der Waals surface area (Å²) in [6.45, 7) is 0. The van der Waals surface area contributed by atoms with Gasteiger partial charge in [-0.1, -0.05) is 12.1 Å². The van der Waals surface area contributed by atoms with E-state index >= 15 is 0 Å². The topological polar surface area (TPSA) is 47.8 Å². The largest absolute Gasteiger partial charge is 0.298 e. The molecule has 0 spiro atoms. The highest BCUT2D eigenvalue weighted by Crippen LogP contribution is 2.18. The summed E-state index contributed by atoms with van der Waals surface area (Å²) in [5, 5.41) is 5.26. The number of carbonyl (C=O) groups excluding carboxylic acids is 1. The Bertz CT molecular complexity index is 673. The number of benzene rings is 1. The molecular weight excluding hydrogens is 214 g/mol. The molecule has 0 saturated carbocycles. The molecule has 0 aliphatic heterocycles. The summed E-state index contributed by atoms with van der Waals surface area (Å²) in [7, 11) is 0. The van der Waals surface area contributed by atoms with Gasteiger partial charge in [-0.2, -0.15) is 5.10 Å². The van der Waals surface area contributed by atoms with E-state index in [1.54, 1.807) is 23.1 Å². The molecule has 0 aliphatic carbocycles. The minimum atomic E-state index is 0.651. The van der Waals surface area contributed by atoms with E-state index in [0.717, 1.165) is 22.9 Å². The molecule has 0 N–H and O–H groups in total. The molecule has 3 rings (SSSR count). The second-order valence-electron chi connectivity index (χ2n) is 3.68. The molecule has 0 atom stereocenters. The van der Waals surface area contributed by atoms with Crippen LogP contribution in [0.5, 0.6) is 0 Å². The van der Waals surface area contributed by atoms with Gasteiger partial charge in [0.05, 0.1) is 17.4 Å². The molecule has 4 nitrogen and oxygen atoms in total. The molecule has 0 saturated heterocycles. The number of hydrogen-bond donors (Lipinski definition) is 0. The van der Waals surface area contributed by atoms with Crippen LogP contribution in [-0.4, -0.2) is 21.1 Å². The van der Waals surface area contributed by atoms with Crippen molar-refractivity contribution in [3.05, 3.63) is 54.5 Å². The van der Waals surface area contributed by atoms with E-state index in [0.29, 0.717) is 5.56 Å². The van der Waals surface area contributed by atoms with E-state index in [4.69, 9.17) is 0 Å². The smallest absolute Gasteiger partial charge is 0.150 e. The normalized spacial score (nSPS) is 10.6. The Kier molecular flexibility index (Phi) is 2.19. The Hall–Kier alpha value is -2.49. The fourth-order valence-corrected chi connectivity index (χ4v) is 1.79. The van der Waals surface area contributed by atoms with Crippen LogP contribution in [-0.2, 0) is 0 Å². The van der Waals surface area contributed by atoms with Crippen molar-refractivity contribution >= 4 is 17.2 Å². The third kappa shape index (κ3) is 1.59. The Morgan fingerprint density at radius 2 is 2.12 bits per heavy atom. The second kappa shape index (κ2) is 3.83. The lowest BCUT2D eigenvalue weighted by Crippen LogP contribution is -1.93. The molecule has 2 aromatic heterocycles. The molecular formula is C13H9N3O. The van der Waals surface area contributed by atoms with Crippen molar-refractivity contribution in [1.29, 1.82) is 0 Å². The van der Waals surface area contributed by atoms with Crippen LogP contribution in [0.2, 0.25) is 0 Å². The molecule has 2 heterocycles. The highest BCUT2D eigenvalue weighted by Gasteiger charge is 2.05. The number of rotatable bonds is 2. The fourth-order valence-electron chi connectivity index (χ4n) is 1.79. The lowest BCUT2D eigenvalue weighted by atomic mass is 10.1. The van der Waals surface area contributed by atoms with E-state index in [2.05, 4.69) is 10.1 Å². The van der Waals surface area contributed by atoms with Crippen molar-refractivity contribution in [2.45, 2.75) is 0 Å². The second-order valence-corrected chi connectivity index (χ2v) is 3.68. The Balaban J connectivity index is 2.24. The van der Waals surface area contributed by atoms with E-state index in [1.165, 1.54) is 0 Å². The molecule has 0 unspecified atom stereocenters. The van der Waals surface area contributed by atoms with Gasteiger partial charge >= 0.3 is 0 Å². The Morgan fingerprint density at radius 3 is 2.88 bits per heavy atom. The number of nitrogens with zero attached hydrogens (tertiary/aromatic N) is 3. The molecule has 1 aromatic carbocycles. The number of hydrogen-bond acceptors (Lipinski definition) is 3. The van der Waals surface area contributed by atoms with Gasteiger partial charge in [-0.25, -0.2) is 4.68 Å². The number of pyridine rings is 1. The fraction of sp³-hybridized carbons (Fsp3) is 0. The predicted molar refractivity (Wildman–Crippen MR) is 64.3 cm³/mol. The molecule has 17 heavy (non-hydrogen) atoms. The lowest BCUT2D eigenvalue weighted by Gasteiger charge is -1.97. The molecule has 0 amide bonds.